The Balaban J connectivity index is 1.65. The largest absolute Gasteiger partial charge is 0.393 e. The highest BCUT2D eigenvalue weighted by Crippen LogP contribution is 2.55. The first kappa shape index (κ1) is 15.2. The lowest BCUT2D eigenvalue weighted by Crippen LogP contribution is -2.56. The standard InChI is InChI=1S/C18H28O3/c1-18-10-9-16(20)13(14(18)11-17(18)21)7-8-15(19)12-5-3-2-4-6-12/h7-8,12-16,19-20H,2-6,9-11H2,1H3/b8-7+/t13-,14-,15-,16-,18+/m0/s1. The fourth-order valence-electron chi connectivity index (χ4n) is 4.67. The van der Waals surface area contributed by atoms with Gasteiger partial charge in [-0.25, -0.2) is 0 Å². The maximum atomic E-state index is 11.9. The zero-order chi connectivity index (χ0) is 15.0. The fourth-order valence-corrected chi connectivity index (χ4v) is 4.67. The fraction of sp³-hybridized carbons (Fsp3) is 0.833. The molecule has 0 aromatic carbocycles. The van der Waals surface area contributed by atoms with Crippen molar-refractivity contribution in [2.45, 2.75) is 70.5 Å². The summed E-state index contributed by atoms with van der Waals surface area (Å²) in [5, 5.41) is 20.6. The first-order valence-corrected chi connectivity index (χ1v) is 8.60. The Bertz CT molecular complexity index is 424. The summed E-state index contributed by atoms with van der Waals surface area (Å²) in [7, 11) is 0. The van der Waals surface area contributed by atoms with E-state index in [2.05, 4.69) is 0 Å². The van der Waals surface area contributed by atoms with Gasteiger partial charge in [0, 0.05) is 17.8 Å². The van der Waals surface area contributed by atoms with E-state index < -0.39 is 0 Å². The molecule has 0 amide bonds. The lowest BCUT2D eigenvalue weighted by atomic mass is 9.50. The SMILES string of the molecule is C[C@@]12CC[C@H](O)[C@@H](/C=C/[C@H](O)C3CCCCC3)[C@@H]1CC2=O. The highest BCUT2D eigenvalue weighted by molar-refractivity contribution is 5.91. The van der Waals surface area contributed by atoms with Crippen molar-refractivity contribution >= 4 is 5.78 Å². The van der Waals surface area contributed by atoms with Crippen molar-refractivity contribution in [3.63, 3.8) is 0 Å². The number of Topliss-reactive ketones (excluding diaryl/α,β-unsaturated/α-hetero) is 1. The minimum Gasteiger partial charge on any atom is -0.393 e. The van der Waals surface area contributed by atoms with Gasteiger partial charge in [-0.3, -0.25) is 4.79 Å². The van der Waals surface area contributed by atoms with Gasteiger partial charge >= 0.3 is 0 Å². The van der Waals surface area contributed by atoms with Gasteiger partial charge in [-0.2, -0.15) is 0 Å². The second kappa shape index (κ2) is 5.85. The minimum absolute atomic E-state index is 0.0414. The number of carbonyl (C=O) groups excluding carboxylic acids is 1. The topological polar surface area (TPSA) is 57.5 Å². The lowest BCUT2D eigenvalue weighted by Gasteiger charge is -2.53. The zero-order valence-electron chi connectivity index (χ0n) is 13.0. The molecule has 3 saturated carbocycles. The number of fused-ring (bicyclic) bond motifs is 1. The number of aliphatic hydroxyl groups excluding tert-OH is 2. The molecule has 3 rings (SSSR count). The van der Waals surface area contributed by atoms with Crippen LogP contribution in [0.2, 0.25) is 0 Å². The third-order valence-electron chi connectivity index (χ3n) is 6.39. The molecule has 3 heteroatoms. The summed E-state index contributed by atoms with van der Waals surface area (Å²) in [5.41, 5.74) is -0.218. The van der Waals surface area contributed by atoms with E-state index in [-0.39, 0.29) is 29.5 Å². The highest BCUT2D eigenvalue weighted by Gasteiger charge is 2.57. The van der Waals surface area contributed by atoms with E-state index in [1.807, 2.05) is 19.1 Å². The van der Waals surface area contributed by atoms with Crippen molar-refractivity contribution in [2.75, 3.05) is 0 Å². The Kier molecular flexibility index (Phi) is 4.24. The Morgan fingerprint density at radius 1 is 1.24 bits per heavy atom. The maximum Gasteiger partial charge on any atom is 0.139 e. The number of hydrogen-bond donors (Lipinski definition) is 2. The van der Waals surface area contributed by atoms with Gasteiger partial charge in [-0.1, -0.05) is 38.3 Å². The number of carbonyl (C=O) groups is 1. The van der Waals surface area contributed by atoms with Crippen molar-refractivity contribution in [1.29, 1.82) is 0 Å². The molecule has 0 bridgehead atoms. The molecular weight excluding hydrogens is 264 g/mol. The summed E-state index contributed by atoms with van der Waals surface area (Å²) in [6.45, 7) is 2.05. The molecule has 21 heavy (non-hydrogen) atoms. The monoisotopic (exact) mass is 292 g/mol. The average molecular weight is 292 g/mol. The summed E-state index contributed by atoms with van der Waals surface area (Å²) in [4.78, 5) is 11.9. The molecule has 0 spiro atoms. The Morgan fingerprint density at radius 2 is 1.95 bits per heavy atom. The van der Waals surface area contributed by atoms with Crippen molar-refractivity contribution in [3.8, 4) is 0 Å². The third-order valence-corrected chi connectivity index (χ3v) is 6.39. The molecule has 0 radical (unpaired) electrons. The molecule has 3 aliphatic carbocycles. The van der Waals surface area contributed by atoms with Gasteiger partial charge in [0.25, 0.3) is 0 Å². The Hall–Kier alpha value is -0.670. The smallest absolute Gasteiger partial charge is 0.139 e. The summed E-state index contributed by atoms with van der Waals surface area (Å²) >= 11 is 0. The molecule has 2 N–H and O–H groups in total. The molecule has 0 saturated heterocycles. The molecule has 5 atom stereocenters. The van der Waals surface area contributed by atoms with E-state index in [1.54, 1.807) is 0 Å². The predicted octanol–water partition coefficient (Wildman–Crippen LogP) is 2.85. The average Bonchev–Trinajstić information content (AvgIpc) is 2.51. The summed E-state index contributed by atoms with van der Waals surface area (Å²) < 4.78 is 0. The predicted molar refractivity (Wildman–Crippen MR) is 81.7 cm³/mol. The number of hydrogen-bond acceptors (Lipinski definition) is 3. The van der Waals surface area contributed by atoms with Crippen LogP contribution in [0.1, 0.15) is 58.3 Å². The molecular formula is C18H28O3. The molecule has 3 fully saturated rings. The molecule has 0 aromatic heterocycles. The maximum absolute atomic E-state index is 11.9. The molecule has 3 aliphatic rings. The van der Waals surface area contributed by atoms with Crippen LogP contribution in [0, 0.1) is 23.2 Å². The third kappa shape index (κ3) is 2.70. The first-order valence-electron chi connectivity index (χ1n) is 8.60. The van der Waals surface area contributed by atoms with Gasteiger partial charge in [0.1, 0.15) is 5.78 Å². The Morgan fingerprint density at radius 3 is 2.62 bits per heavy atom. The van der Waals surface area contributed by atoms with Crippen LogP contribution in [-0.2, 0) is 4.79 Å². The molecule has 0 heterocycles. The van der Waals surface area contributed by atoms with E-state index in [0.29, 0.717) is 24.5 Å². The normalized spacial score (nSPS) is 42.6. The van der Waals surface area contributed by atoms with Crippen molar-refractivity contribution in [1.82, 2.24) is 0 Å². The van der Waals surface area contributed by atoms with Crippen LogP contribution < -0.4 is 0 Å². The summed E-state index contributed by atoms with van der Waals surface area (Å²) in [6.07, 6.45) is 11.2. The summed E-state index contributed by atoms with van der Waals surface area (Å²) in [6, 6.07) is 0. The Labute approximate surface area is 127 Å². The van der Waals surface area contributed by atoms with Gasteiger partial charge in [0.05, 0.1) is 12.2 Å². The van der Waals surface area contributed by atoms with Crippen molar-refractivity contribution < 1.29 is 15.0 Å². The van der Waals surface area contributed by atoms with Crippen molar-refractivity contribution in [2.24, 2.45) is 23.2 Å². The van der Waals surface area contributed by atoms with E-state index in [1.165, 1.54) is 19.3 Å². The van der Waals surface area contributed by atoms with Crippen LogP contribution in [0.4, 0.5) is 0 Å². The van der Waals surface area contributed by atoms with Crippen LogP contribution in [0.15, 0.2) is 12.2 Å². The summed E-state index contributed by atoms with van der Waals surface area (Å²) in [5.74, 6) is 1.04. The van der Waals surface area contributed by atoms with Crippen LogP contribution in [0.25, 0.3) is 0 Å². The quantitative estimate of drug-likeness (QED) is 0.786. The van der Waals surface area contributed by atoms with Gasteiger partial charge in [0.2, 0.25) is 0 Å². The van der Waals surface area contributed by atoms with Crippen LogP contribution in [0.5, 0.6) is 0 Å². The van der Waals surface area contributed by atoms with Gasteiger partial charge < -0.3 is 10.2 Å². The number of aliphatic hydroxyl groups is 2. The number of ketones is 1. The van der Waals surface area contributed by atoms with E-state index in [4.69, 9.17) is 0 Å². The van der Waals surface area contributed by atoms with E-state index in [9.17, 15) is 15.0 Å². The van der Waals surface area contributed by atoms with Crippen LogP contribution >= 0.6 is 0 Å². The lowest BCUT2D eigenvalue weighted by molar-refractivity contribution is -0.157. The first-order chi connectivity index (χ1) is 10.0. The number of rotatable bonds is 3. The highest BCUT2D eigenvalue weighted by atomic mass is 16.3. The molecule has 0 aromatic rings. The van der Waals surface area contributed by atoms with Crippen molar-refractivity contribution in [3.05, 3.63) is 12.2 Å². The van der Waals surface area contributed by atoms with Gasteiger partial charge in [0.15, 0.2) is 0 Å². The zero-order valence-corrected chi connectivity index (χ0v) is 13.0. The molecule has 118 valence electrons. The molecule has 3 nitrogen and oxygen atoms in total. The van der Waals surface area contributed by atoms with E-state index in [0.717, 1.165) is 19.3 Å². The van der Waals surface area contributed by atoms with Crippen LogP contribution in [0.3, 0.4) is 0 Å². The molecule has 0 unspecified atom stereocenters. The van der Waals surface area contributed by atoms with Gasteiger partial charge in [-0.05, 0) is 37.5 Å². The minimum atomic E-state index is -0.388. The van der Waals surface area contributed by atoms with Crippen LogP contribution in [-0.4, -0.2) is 28.2 Å². The molecule has 0 aliphatic heterocycles. The second-order valence-electron chi connectivity index (χ2n) is 7.61. The van der Waals surface area contributed by atoms with Gasteiger partial charge in [-0.15, -0.1) is 0 Å². The second-order valence-corrected chi connectivity index (χ2v) is 7.61. The van der Waals surface area contributed by atoms with E-state index >= 15 is 0 Å².